The Morgan fingerprint density at radius 1 is 1.27 bits per heavy atom. The number of ether oxygens (including phenoxy) is 2. The van der Waals surface area contributed by atoms with Gasteiger partial charge in [-0.25, -0.2) is 13.1 Å². The molecule has 1 aromatic carbocycles. The molecule has 2 heterocycles. The molecule has 0 unspecified atom stereocenters. The molecule has 0 spiro atoms. The van der Waals surface area contributed by atoms with Gasteiger partial charge in [-0.15, -0.1) is 11.3 Å². The third-order valence-corrected chi connectivity index (χ3v) is 7.56. The van der Waals surface area contributed by atoms with Crippen molar-refractivity contribution >= 4 is 21.4 Å². The molecule has 1 aliphatic heterocycles. The molecule has 0 amide bonds. The van der Waals surface area contributed by atoms with Crippen molar-refractivity contribution in [3.8, 4) is 5.75 Å². The minimum atomic E-state index is -3.68. The molecule has 0 aliphatic carbocycles. The van der Waals surface area contributed by atoms with Crippen molar-refractivity contribution in [3.63, 3.8) is 0 Å². The number of nitrogens with one attached hydrogen (secondary N) is 1. The van der Waals surface area contributed by atoms with Gasteiger partial charge in [0, 0.05) is 30.1 Å². The van der Waals surface area contributed by atoms with Gasteiger partial charge >= 0.3 is 0 Å². The zero-order chi connectivity index (χ0) is 18.6. The lowest BCUT2D eigenvalue weighted by atomic mass is 9.79. The molecule has 1 N–H and O–H groups in total. The highest BCUT2D eigenvalue weighted by atomic mass is 32.2. The second kappa shape index (κ2) is 8.08. The van der Waals surface area contributed by atoms with Crippen LogP contribution in [0.25, 0.3) is 0 Å². The van der Waals surface area contributed by atoms with E-state index in [0.717, 1.165) is 24.8 Å². The standard InChI is InChI=1S/C19H25NO4S2/c1-3-15-6-7-16(23-2)17(13-15)26(21,22)20-14-19(8-10-24-11-9-19)18-5-4-12-25-18/h4-7,12-13,20H,3,8-11,14H2,1-2H3. The summed E-state index contributed by atoms with van der Waals surface area (Å²) in [6.07, 6.45) is 2.38. The maximum Gasteiger partial charge on any atom is 0.244 e. The predicted molar refractivity (Wildman–Crippen MR) is 104 cm³/mol. The Kier molecular flexibility index (Phi) is 6.02. The molecule has 142 valence electrons. The van der Waals surface area contributed by atoms with Crippen molar-refractivity contribution in [3.05, 3.63) is 46.2 Å². The molecule has 1 aliphatic rings. The van der Waals surface area contributed by atoms with Crippen LogP contribution < -0.4 is 9.46 Å². The van der Waals surface area contributed by atoms with Crippen molar-refractivity contribution in [1.82, 2.24) is 4.72 Å². The first kappa shape index (κ1) is 19.4. The summed E-state index contributed by atoms with van der Waals surface area (Å²) >= 11 is 1.67. The molecule has 26 heavy (non-hydrogen) atoms. The lowest BCUT2D eigenvalue weighted by molar-refractivity contribution is 0.0529. The first-order valence-corrected chi connectivity index (χ1v) is 11.2. The van der Waals surface area contributed by atoms with Gasteiger partial charge in [0.15, 0.2) is 0 Å². The van der Waals surface area contributed by atoms with E-state index in [1.165, 1.54) is 12.0 Å². The number of thiophene rings is 1. The summed E-state index contributed by atoms with van der Waals surface area (Å²) in [5.74, 6) is 0.367. The molecule has 1 aromatic heterocycles. The fraction of sp³-hybridized carbons (Fsp3) is 0.474. The van der Waals surface area contributed by atoms with Crippen LogP contribution in [-0.4, -0.2) is 35.3 Å². The quantitative estimate of drug-likeness (QED) is 0.781. The predicted octanol–water partition coefficient (Wildman–Crippen LogP) is 3.35. The molecule has 0 atom stereocenters. The van der Waals surface area contributed by atoms with Gasteiger partial charge in [-0.05, 0) is 48.4 Å². The molecular weight excluding hydrogens is 370 g/mol. The molecule has 0 bridgehead atoms. The van der Waals surface area contributed by atoms with Gasteiger partial charge < -0.3 is 9.47 Å². The van der Waals surface area contributed by atoms with E-state index in [4.69, 9.17) is 9.47 Å². The Hall–Kier alpha value is -1.41. The lowest BCUT2D eigenvalue weighted by Gasteiger charge is -2.36. The third-order valence-electron chi connectivity index (χ3n) is 5.02. The summed E-state index contributed by atoms with van der Waals surface area (Å²) in [4.78, 5) is 1.41. The van der Waals surface area contributed by atoms with E-state index in [1.807, 2.05) is 24.4 Å². The molecule has 5 nitrogen and oxygen atoms in total. The maximum absolute atomic E-state index is 13.0. The van der Waals surface area contributed by atoms with Crippen molar-refractivity contribution in [2.45, 2.75) is 36.5 Å². The molecule has 1 saturated heterocycles. The summed E-state index contributed by atoms with van der Waals surface area (Å²) in [5, 5.41) is 2.04. The highest BCUT2D eigenvalue weighted by molar-refractivity contribution is 7.89. The fourth-order valence-corrected chi connectivity index (χ4v) is 5.65. The highest BCUT2D eigenvalue weighted by Crippen LogP contribution is 2.37. The first-order valence-electron chi connectivity index (χ1n) is 8.79. The normalized spacial score (nSPS) is 17.2. The monoisotopic (exact) mass is 395 g/mol. The average molecular weight is 396 g/mol. The van der Waals surface area contributed by atoms with Crippen LogP contribution in [-0.2, 0) is 26.6 Å². The second-order valence-electron chi connectivity index (χ2n) is 6.53. The zero-order valence-corrected chi connectivity index (χ0v) is 16.8. The van der Waals surface area contributed by atoms with Crippen molar-refractivity contribution < 1.29 is 17.9 Å². The van der Waals surface area contributed by atoms with E-state index in [2.05, 4.69) is 10.8 Å². The topological polar surface area (TPSA) is 64.6 Å². The first-order chi connectivity index (χ1) is 12.5. The Bertz CT molecular complexity index is 825. The highest BCUT2D eigenvalue weighted by Gasteiger charge is 2.37. The van der Waals surface area contributed by atoms with Crippen molar-refractivity contribution in [2.75, 3.05) is 26.9 Å². The van der Waals surface area contributed by atoms with Crippen molar-refractivity contribution in [2.24, 2.45) is 0 Å². The van der Waals surface area contributed by atoms with Crippen molar-refractivity contribution in [1.29, 1.82) is 0 Å². The number of aryl methyl sites for hydroxylation is 1. The summed E-state index contributed by atoms with van der Waals surface area (Å²) in [6.45, 7) is 3.65. The minimum absolute atomic E-state index is 0.202. The van der Waals surface area contributed by atoms with Gasteiger partial charge in [0.2, 0.25) is 10.0 Å². The van der Waals surface area contributed by atoms with Crippen LogP contribution in [0.15, 0.2) is 40.6 Å². The molecular formula is C19H25NO4S2. The summed E-state index contributed by atoms with van der Waals surface area (Å²) in [7, 11) is -2.18. The third kappa shape index (κ3) is 3.96. The molecule has 0 radical (unpaired) electrons. The maximum atomic E-state index is 13.0. The number of rotatable bonds is 7. The van der Waals surface area contributed by atoms with E-state index in [9.17, 15) is 8.42 Å². The SMILES string of the molecule is CCc1ccc(OC)c(S(=O)(=O)NCC2(c3cccs3)CCOCC2)c1. The molecule has 2 aromatic rings. The molecule has 0 saturated carbocycles. The zero-order valence-electron chi connectivity index (χ0n) is 15.2. The van der Waals surface area contributed by atoms with Gasteiger partial charge in [-0.3, -0.25) is 0 Å². The number of methoxy groups -OCH3 is 1. The summed E-state index contributed by atoms with van der Waals surface area (Å²) < 4.78 is 39.7. The van der Waals surface area contributed by atoms with Crippen LogP contribution in [0.2, 0.25) is 0 Å². The van der Waals surface area contributed by atoms with Crippen LogP contribution in [0.1, 0.15) is 30.2 Å². The second-order valence-corrected chi connectivity index (χ2v) is 9.22. The smallest absolute Gasteiger partial charge is 0.244 e. The lowest BCUT2D eigenvalue weighted by Crippen LogP contribution is -2.44. The minimum Gasteiger partial charge on any atom is -0.495 e. The van der Waals surface area contributed by atoms with E-state index in [0.29, 0.717) is 25.5 Å². The number of benzene rings is 1. The van der Waals surface area contributed by atoms with Crippen LogP contribution in [0, 0.1) is 0 Å². The van der Waals surface area contributed by atoms with Crippen LogP contribution >= 0.6 is 11.3 Å². The van der Waals surface area contributed by atoms with E-state index in [1.54, 1.807) is 23.5 Å². The summed E-state index contributed by atoms with van der Waals surface area (Å²) in [5.41, 5.74) is 0.750. The molecule has 1 fully saturated rings. The van der Waals surface area contributed by atoms with Gasteiger partial charge in [-0.2, -0.15) is 0 Å². The Labute approximate surface area is 159 Å². The Morgan fingerprint density at radius 3 is 2.65 bits per heavy atom. The fourth-order valence-electron chi connectivity index (χ4n) is 3.31. The van der Waals surface area contributed by atoms with Gasteiger partial charge in [-0.1, -0.05) is 19.1 Å². The van der Waals surface area contributed by atoms with Gasteiger partial charge in [0.25, 0.3) is 0 Å². The van der Waals surface area contributed by atoms with E-state index in [-0.39, 0.29) is 10.3 Å². The van der Waals surface area contributed by atoms with E-state index >= 15 is 0 Å². The van der Waals surface area contributed by atoms with Crippen LogP contribution in [0.5, 0.6) is 5.75 Å². The molecule has 3 rings (SSSR count). The Balaban J connectivity index is 1.87. The van der Waals surface area contributed by atoms with Gasteiger partial charge in [0.1, 0.15) is 10.6 Å². The number of sulfonamides is 1. The largest absolute Gasteiger partial charge is 0.495 e. The number of hydrogen-bond donors (Lipinski definition) is 1. The molecule has 7 heteroatoms. The van der Waals surface area contributed by atoms with Gasteiger partial charge in [0.05, 0.1) is 7.11 Å². The Morgan fingerprint density at radius 2 is 2.04 bits per heavy atom. The number of hydrogen-bond acceptors (Lipinski definition) is 5. The van der Waals surface area contributed by atoms with Crippen LogP contribution in [0.4, 0.5) is 0 Å². The van der Waals surface area contributed by atoms with Crippen LogP contribution in [0.3, 0.4) is 0 Å². The van der Waals surface area contributed by atoms with E-state index < -0.39 is 10.0 Å². The average Bonchev–Trinajstić information content (AvgIpc) is 3.22. The summed E-state index contributed by atoms with van der Waals surface area (Å²) in [6, 6.07) is 9.41.